The molecule has 148 valence electrons. The third kappa shape index (κ3) is 3.68. The first-order chi connectivity index (χ1) is 13.7. The molecule has 0 unspecified atom stereocenters. The van der Waals surface area contributed by atoms with E-state index in [-0.39, 0.29) is 17.9 Å². The van der Waals surface area contributed by atoms with Crippen molar-refractivity contribution in [3.63, 3.8) is 0 Å². The summed E-state index contributed by atoms with van der Waals surface area (Å²) in [4.78, 5) is 40.2. The molecule has 0 bridgehead atoms. The minimum absolute atomic E-state index is 0.0220. The Labute approximate surface area is 164 Å². The quantitative estimate of drug-likeness (QED) is 0.720. The van der Waals surface area contributed by atoms with Gasteiger partial charge in [0.15, 0.2) is 0 Å². The molecular weight excluding hydrogens is 356 g/mol. The molecule has 28 heavy (non-hydrogen) atoms. The first-order valence-electron chi connectivity index (χ1n) is 10.2. The molecule has 1 aromatic carbocycles. The van der Waals surface area contributed by atoms with Crippen LogP contribution in [0.4, 0.5) is 0 Å². The van der Waals surface area contributed by atoms with Crippen molar-refractivity contribution in [2.75, 3.05) is 13.1 Å². The van der Waals surface area contributed by atoms with Crippen molar-refractivity contribution in [2.45, 2.75) is 57.0 Å². The third-order valence-electron chi connectivity index (χ3n) is 5.89. The van der Waals surface area contributed by atoms with Crippen molar-refractivity contribution in [3.8, 4) is 0 Å². The minimum atomic E-state index is -0.403. The molecule has 2 fully saturated rings. The van der Waals surface area contributed by atoms with Gasteiger partial charge in [-0.25, -0.2) is 0 Å². The van der Waals surface area contributed by atoms with Crippen molar-refractivity contribution in [3.05, 3.63) is 36.1 Å². The fourth-order valence-electron chi connectivity index (χ4n) is 4.44. The Morgan fingerprint density at radius 3 is 2.71 bits per heavy atom. The topological polar surface area (TPSA) is 70.8 Å². The van der Waals surface area contributed by atoms with Gasteiger partial charge in [0.1, 0.15) is 23.7 Å². The van der Waals surface area contributed by atoms with Gasteiger partial charge in [0.25, 0.3) is 0 Å². The maximum Gasteiger partial charge on any atom is 0.245 e. The van der Waals surface area contributed by atoms with E-state index >= 15 is 0 Å². The maximum absolute atomic E-state index is 12.9. The van der Waals surface area contributed by atoms with Crippen LogP contribution in [0.5, 0.6) is 0 Å². The first kappa shape index (κ1) is 18.7. The summed E-state index contributed by atoms with van der Waals surface area (Å²) in [6.45, 7) is 1.24. The lowest BCUT2D eigenvalue weighted by Crippen LogP contribution is -2.49. The molecule has 2 aliphatic rings. The van der Waals surface area contributed by atoms with Gasteiger partial charge < -0.3 is 19.0 Å². The van der Waals surface area contributed by atoms with Gasteiger partial charge in [-0.2, -0.15) is 0 Å². The van der Waals surface area contributed by atoms with Crippen molar-refractivity contribution in [1.29, 1.82) is 0 Å². The summed E-state index contributed by atoms with van der Waals surface area (Å²) in [6, 6.07) is 9.17. The number of rotatable bonds is 6. The number of benzene rings is 1. The molecule has 1 aromatic heterocycles. The Balaban J connectivity index is 1.33. The van der Waals surface area contributed by atoms with Crippen LogP contribution in [0.15, 0.2) is 34.7 Å². The molecule has 0 saturated carbocycles. The molecule has 0 N–H and O–H groups in total. The Bertz CT molecular complexity index is 841. The summed E-state index contributed by atoms with van der Waals surface area (Å²) < 4.78 is 5.81. The number of likely N-dealkylation sites (tertiary alicyclic amines) is 2. The number of nitrogens with zero attached hydrogens (tertiary/aromatic N) is 2. The van der Waals surface area contributed by atoms with Crippen LogP contribution in [0, 0.1) is 0 Å². The van der Waals surface area contributed by atoms with E-state index in [1.807, 2.05) is 30.3 Å². The summed E-state index contributed by atoms with van der Waals surface area (Å²) in [5.74, 6) is 0.848. The summed E-state index contributed by atoms with van der Waals surface area (Å²) in [7, 11) is 0. The first-order valence-corrected chi connectivity index (χ1v) is 10.2. The molecule has 2 atom stereocenters. The smallest absolute Gasteiger partial charge is 0.245 e. The fraction of sp³-hybridized carbons (Fsp3) is 0.500. The summed E-state index contributed by atoms with van der Waals surface area (Å²) in [5.41, 5.74) is 0.865. The largest absolute Gasteiger partial charge is 0.461 e. The average molecular weight is 382 g/mol. The third-order valence-corrected chi connectivity index (χ3v) is 5.89. The van der Waals surface area contributed by atoms with Gasteiger partial charge in [-0.1, -0.05) is 18.2 Å². The number of aldehydes is 1. The van der Waals surface area contributed by atoms with Gasteiger partial charge in [0, 0.05) is 31.3 Å². The van der Waals surface area contributed by atoms with Crippen molar-refractivity contribution >= 4 is 29.1 Å². The normalized spacial score (nSPS) is 22.1. The molecule has 0 aliphatic carbocycles. The van der Waals surface area contributed by atoms with Crippen molar-refractivity contribution in [2.24, 2.45) is 0 Å². The molecule has 6 heteroatoms. The Morgan fingerprint density at radius 1 is 1.11 bits per heavy atom. The molecule has 2 saturated heterocycles. The zero-order chi connectivity index (χ0) is 19.5. The number of furan rings is 1. The standard InChI is InChI=1S/C22H26N2O4/c25-15-17-7-4-12-23(17)22(27)19-9-5-13-24(19)21(26)11-3-8-18-14-16-6-1-2-10-20(16)28-18/h1-2,6,10,14-15,17,19H,3-5,7-9,11-13H2/t17-,19-/m0/s1. The molecule has 2 amide bonds. The number of para-hydroxylation sites is 1. The van der Waals surface area contributed by atoms with E-state index in [4.69, 9.17) is 4.42 Å². The highest BCUT2D eigenvalue weighted by Crippen LogP contribution is 2.25. The number of amides is 2. The molecule has 6 nitrogen and oxygen atoms in total. The predicted octanol–water partition coefficient (Wildman–Crippen LogP) is 2.94. The molecule has 4 rings (SSSR count). The van der Waals surface area contributed by atoms with E-state index in [0.29, 0.717) is 38.8 Å². The van der Waals surface area contributed by atoms with E-state index in [0.717, 1.165) is 42.3 Å². The Hall–Kier alpha value is -2.63. The zero-order valence-electron chi connectivity index (χ0n) is 16.0. The highest BCUT2D eigenvalue weighted by Gasteiger charge is 2.39. The number of aryl methyl sites for hydroxylation is 1. The van der Waals surface area contributed by atoms with E-state index in [1.165, 1.54) is 0 Å². The zero-order valence-corrected chi connectivity index (χ0v) is 16.0. The second-order valence-electron chi connectivity index (χ2n) is 7.73. The molecule has 0 spiro atoms. The summed E-state index contributed by atoms with van der Waals surface area (Å²) in [6.07, 6.45) is 5.77. The van der Waals surface area contributed by atoms with Gasteiger partial charge in [-0.3, -0.25) is 9.59 Å². The lowest BCUT2D eigenvalue weighted by atomic mass is 10.1. The fourth-order valence-corrected chi connectivity index (χ4v) is 4.44. The van der Waals surface area contributed by atoms with Crippen LogP contribution in [0.1, 0.15) is 44.3 Å². The monoisotopic (exact) mass is 382 g/mol. The van der Waals surface area contributed by atoms with E-state index < -0.39 is 6.04 Å². The summed E-state index contributed by atoms with van der Waals surface area (Å²) >= 11 is 0. The van der Waals surface area contributed by atoms with Crippen LogP contribution in [0.25, 0.3) is 11.0 Å². The molecule has 0 radical (unpaired) electrons. The lowest BCUT2D eigenvalue weighted by Gasteiger charge is -2.29. The van der Waals surface area contributed by atoms with Crippen molar-refractivity contribution < 1.29 is 18.8 Å². The van der Waals surface area contributed by atoms with Gasteiger partial charge in [0.05, 0.1) is 6.04 Å². The van der Waals surface area contributed by atoms with Crippen LogP contribution in [0.3, 0.4) is 0 Å². The second kappa shape index (κ2) is 8.17. The molecule has 3 heterocycles. The molecular formula is C22H26N2O4. The number of hydrogen-bond acceptors (Lipinski definition) is 4. The van der Waals surface area contributed by atoms with Gasteiger partial charge in [-0.05, 0) is 44.2 Å². The van der Waals surface area contributed by atoms with Crippen LogP contribution in [-0.2, 0) is 20.8 Å². The van der Waals surface area contributed by atoms with E-state index in [9.17, 15) is 14.4 Å². The van der Waals surface area contributed by atoms with Crippen LogP contribution < -0.4 is 0 Å². The van der Waals surface area contributed by atoms with Crippen LogP contribution in [-0.4, -0.2) is 53.1 Å². The number of hydrogen-bond donors (Lipinski definition) is 0. The maximum atomic E-state index is 12.9. The second-order valence-corrected chi connectivity index (χ2v) is 7.73. The number of fused-ring (bicyclic) bond motifs is 1. The lowest BCUT2D eigenvalue weighted by molar-refractivity contribution is -0.145. The van der Waals surface area contributed by atoms with Crippen LogP contribution in [0.2, 0.25) is 0 Å². The van der Waals surface area contributed by atoms with Gasteiger partial charge in [0.2, 0.25) is 11.8 Å². The van der Waals surface area contributed by atoms with Crippen molar-refractivity contribution in [1.82, 2.24) is 9.80 Å². The van der Waals surface area contributed by atoms with E-state index in [2.05, 4.69) is 0 Å². The summed E-state index contributed by atoms with van der Waals surface area (Å²) in [5, 5.41) is 1.07. The van der Waals surface area contributed by atoms with E-state index in [1.54, 1.807) is 9.80 Å². The SMILES string of the molecule is O=C[C@@H]1CCCN1C(=O)[C@@H]1CCCN1C(=O)CCCc1cc2ccccc2o1. The van der Waals surface area contributed by atoms with Gasteiger partial charge >= 0.3 is 0 Å². The van der Waals surface area contributed by atoms with Gasteiger partial charge in [-0.15, -0.1) is 0 Å². The molecule has 2 aliphatic heterocycles. The highest BCUT2D eigenvalue weighted by molar-refractivity contribution is 5.90. The Morgan fingerprint density at radius 2 is 1.89 bits per heavy atom. The van der Waals surface area contributed by atoms with Crippen LogP contribution >= 0.6 is 0 Å². The Kier molecular flexibility index (Phi) is 5.46. The number of carbonyl (C=O) groups excluding carboxylic acids is 3. The average Bonchev–Trinajstić information content (AvgIpc) is 3.45. The minimum Gasteiger partial charge on any atom is -0.461 e. The molecule has 2 aromatic rings. The predicted molar refractivity (Wildman–Crippen MR) is 105 cm³/mol. The highest BCUT2D eigenvalue weighted by atomic mass is 16.3. The number of carbonyl (C=O) groups is 3.